The molecule has 1 N–H and O–H groups in total. The van der Waals surface area contributed by atoms with E-state index in [-0.39, 0.29) is 18.0 Å². The summed E-state index contributed by atoms with van der Waals surface area (Å²) in [5, 5.41) is 3.49. The third-order valence-corrected chi connectivity index (χ3v) is 6.60. The largest absolute Gasteiger partial charge is 0.353 e. The maximum Gasteiger partial charge on any atom is 0.243 e. The van der Waals surface area contributed by atoms with Gasteiger partial charge in [0.1, 0.15) is 11.9 Å². The molecule has 158 valence electrons. The molecule has 0 saturated heterocycles. The number of hydrogen-bond acceptors (Lipinski definition) is 4. The number of rotatable bonds is 10. The van der Waals surface area contributed by atoms with Gasteiger partial charge < -0.3 is 5.32 Å². The molecule has 1 atom stereocenters. The van der Waals surface area contributed by atoms with Crippen LogP contribution in [0, 0.1) is 5.82 Å². The molecule has 2 rings (SSSR count). The maximum absolute atomic E-state index is 13.2. The number of carbonyl (C=O) groups is 1. The molecule has 0 radical (unpaired) electrons. The number of nitrogens with zero attached hydrogens (tertiary/aromatic N) is 1. The van der Waals surface area contributed by atoms with E-state index in [2.05, 4.69) is 5.32 Å². The first kappa shape index (κ1) is 23.5. The average molecular weight is 459 g/mol. The van der Waals surface area contributed by atoms with Gasteiger partial charge in [0.2, 0.25) is 15.9 Å². The van der Waals surface area contributed by atoms with Crippen LogP contribution < -0.4 is 9.62 Å². The van der Waals surface area contributed by atoms with Crippen molar-refractivity contribution >= 4 is 45.0 Å². The van der Waals surface area contributed by atoms with Crippen LogP contribution in [0.3, 0.4) is 0 Å². The molecule has 0 bridgehead atoms. The smallest absolute Gasteiger partial charge is 0.243 e. The molecule has 2 aromatic rings. The molecular formula is C20H24ClFN2O3S2. The Morgan fingerprint density at radius 2 is 1.79 bits per heavy atom. The van der Waals surface area contributed by atoms with E-state index < -0.39 is 21.9 Å². The fourth-order valence-electron chi connectivity index (χ4n) is 2.78. The number of amides is 1. The van der Waals surface area contributed by atoms with Crippen LogP contribution in [-0.2, 0) is 20.6 Å². The first-order chi connectivity index (χ1) is 13.7. The summed E-state index contributed by atoms with van der Waals surface area (Å²) in [4.78, 5) is 12.7. The van der Waals surface area contributed by atoms with Gasteiger partial charge >= 0.3 is 0 Å². The minimum Gasteiger partial charge on any atom is -0.353 e. The number of sulfonamides is 1. The van der Waals surface area contributed by atoms with Gasteiger partial charge in [0.25, 0.3) is 0 Å². The third-order valence-electron chi connectivity index (χ3n) is 4.14. The zero-order valence-electron chi connectivity index (χ0n) is 16.3. The Labute approximate surface area is 180 Å². The highest BCUT2D eigenvalue weighted by atomic mass is 35.5. The minimum atomic E-state index is -3.73. The van der Waals surface area contributed by atoms with Crippen LogP contribution in [0.1, 0.15) is 18.9 Å². The van der Waals surface area contributed by atoms with E-state index >= 15 is 0 Å². The minimum absolute atomic E-state index is 0.257. The van der Waals surface area contributed by atoms with E-state index in [9.17, 15) is 17.6 Å². The Morgan fingerprint density at radius 1 is 1.17 bits per heavy atom. The molecule has 0 heterocycles. The SMILES string of the molecule is CCC(C(=O)NCCSCc1ccc(Cl)cc1)N(c1ccc(F)cc1)S(C)(=O)=O. The van der Waals surface area contributed by atoms with Gasteiger partial charge in [0, 0.05) is 23.1 Å². The lowest BCUT2D eigenvalue weighted by atomic mass is 10.2. The number of benzene rings is 2. The molecule has 0 aliphatic heterocycles. The summed E-state index contributed by atoms with van der Waals surface area (Å²) in [5.74, 6) is 0.613. The zero-order chi connectivity index (χ0) is 21.4. The second kappa shape index (κ2) is 10.8. The number of halogens is 2. The lowest BCUT2D eigenvalue weighted by Crippen LogP contribution is -2.49. The Bertz CT molecular complexity index is 906. The van der Waals surface area contributed by atoms with E-state index in [1.165, 1.54) is 24.3 Å². The summed E-state index contributed by atoms with van der Waals surface area (Å²) in [6, 6.07) is 11.7. The highest BCUT2D eigenvalue weighted by Crippen LogP contribution is 2.23. The average Bonchev–Trinajstić information content (AvgIpc) is 2.67. The van der Waals surface area contributed by atoms with Gasteiger partial charge in [-0.3, -0.25) is 9.10 Å². The van der Waals surface area contributed by atoms with E-state index in [0.717, 1.165) is 21.9 Å². The lowest BCUT2D eigenvalue weighted by Gasteiger charge is -2.30. The normalized spacial score (nSPS) is 12.4. The Kier molecular flexibility index (Phi) is 8.79. The summed E-state index contributed by atoms with van der Waals surface area (Å²) in [5.41, 5.74) is 1.39. The predicted octanol–water partition coefficient (Wildman–Crippen LogP) is 4.07. The number of thioether (sulfide) groups is 1. The molecule has 29 heavy (non-hydrogen) atoms. The summed E-state index contributed by atoms with van der Waals surface area (Å²) in [6.07, 6.45) is 1.32. The Balaban J connectivity index is 1.94. The van der Waals surface area contributed by atoms with Gasteiger partial charge in [-0.05, 0) is 48.4 Å². The van der Waals surface area contributed by atoms with Crippen LogP contribution in [-0.4, -0.2) is 38.9 Å². The van der Waals surface area contributed by atoms with Crippen molar-refractivity contribution < 1.29 is 17.6 Å². The van der Waals surface area contributed by atoms with Crippen molar-refractivity contribution in [2.45, 2.75) is 25.1 Å². The van der Waals surface area contributed by atoms with Crippen molar-refractivity contribution in [3.8, 4) is 0 Å². The number of carbonyl (C=O) groups excluding carboxylic acids is 1. The standard InChI is InChI=1S/C20H24ClFN2O3S2/c1-3-19(24(29(2,26)27)18-10-8-17(22)9-11-18)20(25)23-12-13-28-14-15-4-6-16(21)7-5-15/h4-11,19H,3,12-14H2,1-2H3,(H,23,25). The van der Waals surface area contributed by atoms with Gasteiger partial charge in [-0.15, -0.1) is 0 Å². The second-order valence-corrected chi connectivity index (χ2v) is 9.83. The van der Waals surface area contributed by atoms with Crippen LogP contribution in [0.15, 0.2) is 48.5 Å². The third kappa shape index (κ3) is 7.21. The van der Waals surface area contributed by atoms with Gasteiger partial charge in [0.15, 0.2) is 0 Å². The van der Waals surface area contributed by atoms with Crippen LogP contribution in [0.5, 0.6) is 0 Å². The molecule has 0 aromatic heterocycles. The van der Waals surface area contributed by atoms with E-state index in [4.69, 9.17) is 11.6 Å². The number of nitrogens with one attached hydrogen (secondary N) is 1. The quantitative estimate of drug-likeness (QED) is 0.545. The summed E-state index contributed by atoms with van der Waals surface area (Å²) >= 11 is 7.52. The van der Waals surface area contributed by atoms with Gasteiger partial charge in [-0.1, -0.05) is 30.7 Å². The monoisotopic (exact) mass is 458 g/mol. The van der Waals surface area contributed by atoms with Crippen LogP contribution >= 0.6 is 23.4 Å². The van der Waals surface area contributed by atoms with Gasteiger partial charge in [0.05, 0.1) is 11.9 Å². The predicted molar refractivity (Wildman–Crippen MR) is 118 cm³/mol. The topological polar surface area (TPSA) is 66.5 Å². The fraction of sp³-hybridized carbons (Fsp3) is 0.350. The van der Waals surface area contributed by atoms with Crippen molar-refractivity contribution in [3.05, 3.63) is 64.9 Å². The molecule has 0 aliphatic carbocycles. The van der Waals surface area contributed by atoms with E-state index in [1.54, 1.807) is 18.7 Å². The molecule has 1 unspecified atom stereocenters. The molecule has 0 spiro atoms. The van der Waals surface area contributed by atoms with E-state index in [1.807, 2.05) is 24.3 Å². The van der Waals surface area contributed by atoms with Crippen LogP contribution in [0.4, 0.5) is 10.1 Å². The van der Waals surface area contributed by atoms with Crippen molar-refractivity contribution in [2.24, 2.45) is 0 Å². The summed E-state index contributed by atoms with van der Waals surface area (Å²) < 4.78 is 38.9. The lowest BCUT2D eigenvalue weighted by molar-refractivity contribution is -0.122. The van der Waals surface area contributed by atoms with Crippen molar-refractivity contribution in [1.29, 1.82) is 0 Å². The zero-order valence-corrected chi connectivity index (χ0v) is 18.7. The molecular weight excluding hydrogens is 435 g/mol. The second-order valence-electron chi connectivity index (χ2n) is 6.43. The van der Waals surface area contributed by atoms with Crippen LogP contribution in [0.2, 0.25) is 5.02 Å². The van der Waals surface area contributed by atoms with Crippen molar-refractivity contribution in [2.75, 3.05) is 22.9 Å². The highest BCUT2D eigenvalue weighted by Gasteiger charge is 2.31. The number of hydrogen-bond donors (Lipinski definition) is 1. The molecule has 1 amide bonds. The molecule has 0 saturated carbocycles. The van der Waals surface area contributed by atoms with Gasteiger partial charge in [-0.25, -0.2) is 12.8 Å². The van der Waals surface area contributed by atoms with Gasteiger partial charge in [-0.2, -0.15) is 11.8 Å². The summed E-state index contributed by atoms with van der Waals surface area (Å²) in [6.45, 7) is 2.15. The first-order valence-electron chi connectivity index (χ1n) is 9.07. The molecule has 9 heteroatoms. The molecule has 2 aromatic carbocycles. The number of anilines is 1. The van der Waals surface area contributed by atoms with E-state index in [0.29, 0.717) is 17.3 Å². The fourth-order valence-corrected chi connectivity index (χ4v) is 4.94. The Hall–Kier alpha value is -1.77. The molecule has 0 fully saturated rings. The van der Waals surface area contributed by atoms with Crippen molar-refractivity contribution in [3.63, 3.8) is 0 Å². The first-order valence-corrected chi connectivity index (χ1v) is 12.5. The molecule has 5 nitrogen and oxygen atoms in total. The van der Waals surface area contributed by atoms with Crippen LogP contribution in [0.25, 0.3) is 0 Å². The maximum atomic E-state index is 13.2. The summed E-state index contributed by atoms with van der Waals surface area (Å²) in [7, 11) is -3.73. The Morgan fingerprint density at radius 3 is 2.34 bits per heavy atom. The highest BCUT2D eigenvalue weighted by molar-refractivity contribution is 7.98. The van der Waals surface area contributed by atoms with Crippen molar-refractivity contribution in [1.82, 2.24) is 5.32 Å². The molecule has 0 aliphatic rings.